The summed E-state index contributed by atoms with van der Waals surface area (Å²) in [5.74, 6) is 1.54. The summed E-state index contributed by atoms with van der Waals surface area (Å²) in [6.45, 7) is 6.61. The van der Waals surface area contributed by atoms with Gasteiger partial charge in [-0.15, -0.1) is 0 Å². The summed E-state index contributed by atoms with van der Waals surface area (Å²) in [5, 5.41) is 0. The van der Waals surface area contributed by atoms with Gasteiger partial charge >= 0.3 is 0 Å². The molecule has 71 valence electrons. The second-order valence-corrected chi connectivity index (χ2v) is 2.83. The first-order valence-electron chi connectivity index (χ1n) is 4.40. The molecule has 0 bridgehead atoms. The van der Waals surface area contributed by atoms with E-state index in [-0.39, 0.29) is 0 Å². The van der Waals surface area contributed by atoms with Gasteiger partial charge in [-0.3, -0.25) is 0 Å². The smallest absolute Gasteiger partial charge is 0.161 e. The van der Waals surface area contributed by atoms with Crippen LogP contribution in [0.3, 0.4) is 0 Å². The van der Waals surface area contributed by atoms with Crippen LogP contribution >= 0.6 is 0 Å². The van der Waals surface area contributed by atoms with Gasteiger partial charge in [0, 0.05) is 0 Å². The number of rotatable bonds is 4. The minimum atomic E-state index is 0.708. The van der Waals surface area contributed by atoms with E-state index in [0.717, 1.165) is 23.5 Å². The van der Waals surface area contributed by atoms with Gasteiger partial charge < -0.3 is 9.47 Å². The van der Waals surface area contributed by atoms with Crippen molar-refractivity contribution in [1.82, 2.24) is 0 Å². The number of hydrogen-bond acceptors (Lipinski definition) is 2. The van der Waals surface area contributed by atoms with E-state index in [9.17, 15) is 0 Å². The summed E-state index contributed by atoms with van der Waals surface area (Å²) in [4.78, 5) is 0. The molecular weight excluding hydrogens is 164 g/mol. The Kier molecular flexibility index (Phi) is 3.62. The molecule has 2 nitrogen and oxygen atoms in total. The molecule has 0 saturated carbocycles. The summed E-state index contributed by atoms with van der Waals surface area (Å²) in [5.41, 5.74) is 0.937. The fraction of sp³-hybridized carbons (Fsp3) is 0.364. The van der Waals surface area contributed by atoms with Crippen LogP contribution in [0.1, 0.15) is 18.9 Å². The molecule has 1 radical (unpaired) electrons. The topological polar surface area (TPSA) is 18.5 Å². The van der Waals surface area contributed by atoms with E-state index in [2.05, 4.69) is 13.8 Å². The first-order valence-corrected chi connectivity index (χ1v) is 4.40. The third-order valence-corrected chi connectivity index (χ3v) is 1.69. The maximum absolute atomic E-state index is 5.49. The molecule has 0 spiro atoms. The second kappa shape index (κ2) is 4.75. The molecule has 0 aliphatic carbocycles. The van der Waals surface area contributed by atoms with Crippen LogP contribution in [0.15, 0.2) is 18.2 Å². The van der Waals surface area contributed by atoms with Gasteiger partial charge in [-0.1, -0.05) is 13.0 Å². The summed E-state index contributed by atoms with van der Waals surface area (Å²) in [7, 11) is 1.64. The van der Waals surface area contributed by atoms with Crippen molar-refractivity contribution in [2.24, 2.45) is 0 Å². The SMILES string of the molecule is [CH2]c1ccc(OC)c(OCCC)c1. The third-order valence-electron chi connectivity index (χ3n) is 1.69. The van der Waals surface area contributed by atoms with E-state index in [1.54, 1.807) is 7.11 Å². The Hall–Kier alpha value is -1.18. The number of benzene rings is 1. The molecule has 0 aromatic heterocycles. The summed E-state index contributed by atoms with van der Waals surface area (Å²) >= 11 is 0. The highest BCUT2D eigenvalue weighted by molar-refractivity contribution is 5.43. The Bertz CT molecular complexity index is 269. The van der Waals surface area contributed by atoms with Crippen molar-refractivity contribution in [2.45, 2.75) is 13.3 Å². The lowest BCUT2D eigenvalue weighted by molar-refractivity contribution is 0.294. The van der Waals surface area contributed by atoms with Crippen LogP contribution in [0.5, 0.6) is 11.5 Å². The van der Waals surface area contributed by atoms with Gasteiger partial charge in [0.2, 0.25) is 0 Å². The molecular formula is C11H15O2. The minimum absolute atomic E-state index is 0.708. The van der Waals surface area contributed by atoms with Gasteiger partial charge in [0.15, 0.2) is 11.5 Å². The molecule has 0 aliphatic rings. The molecule has 0 atom stereocenters. The molecule has 0 aliphatic heterocycles. The van der Waals surface area contributed by atoms with Gasteiger partial charge in [-0.05, 0) is 31.0 Å². The fourth-order valence-corrected chi connectivity index (χ4v) is 1.05. The largest absolute Gasteiger partial charge is 0.493 e. The molecule has 1 aromatic carbocycles. The predicted molar refractivity (Wildman–Crippen MR) is 53.2 cm³/mol. The van der Waals surface area contributed by atoms with E-state index in [1.165, 1.54) is 0 Å². The van der Waals surface area contributed by atoms with Crippen LogP contribution in [-0.4, -0.2) is 13.7 Å². The zero-order valence-corrected chi connectivity index (χ0v) is 8.17. The Morgan fingerprint density at radius 1 is 1.31 bits per heavy atom. The molecule has 0 N–H and O–H groups in total. The minimum Gasteiger partial charge on any atom is -0.493 e. The van der Waals surface area contributed by atoms with Gasteiger partial charge in [-0.2, -0.15) is 0 Å². The average Bonchev–Trinajstić information content (AvgIpc) is 2.15. The summed E-state index contributed by atoms with van der Waals surface area (Å²) < 4.78 is 10.6. The van der Waals surface area contributed by atoms with Crippen molar-refractivity contribution in [3.63, 3.8) is 0 Å². The second-order valence-electron chi connectivity index (χ2n) is 2.83. The van der Waals surface area contributed by atoms with E-state index in [4.69, 9.17) is 9.47 Å². The molecule has 0 amide bonds. The molecule has 0 saturated heterocycles. The molecule has 1 rings (SSSR count). The number of ether oxygens (including phenoxy) is 2. The maximum Gasteiger partial charge on any atom is 0.161 e. The van der Waals surface area contributed by atoms with Gasteiger partial charge in [-0.25, -0.2) is 0 Å². The van der Waals surface area contributed by atoms with E-state index in [0.29, 0.717) is 6.61 Å². The lowest BCUT2D eigenvalue weighted by atomic mass is 10.2. The van der Waals surface area contributed by atoms with Crippen LogP contribution in [0.2, 0.25) is 0 Å². The predicted octanol–water partition coefficient (Wildman–Crippen LogP) is 2.67. The molecule has 13 heavy (non-hydrogen) atoms. The summed E-state index contributed by atoms with van der Waals surface area (Å²) in [6, 6.07) is 5.65. The standard InChI is InChI=1S/C11H15O2/c1-4-7-13-11-8-9(2)5-6-10(11)12-3/h5-6,8H,2,4,7H2,1,3H3. The van der Waals surface area contributed by atoms with Gasteiger partial charge in [0.05, 0.1) is 13.7 Å². The molecule has 0 unspecified atom stereocenters. The number of methoxy groups -OCH3 is 1. The van der Waals surface area contributed by atoms with E-state index >= 15 is 0 Å². The van der Waals surface area contributed by atoms with Crippen molar-refractivity contribution in [1.29, 1.82) is 0 Å². The van der Waals surface area contributed by atoms with Gasteiger partial charge in [0.1, 0.15) is 0 Å². The van der Waals surface area contributed by atoms with Crippen molar-refractivity contribution in [2.75, 3.05) is 13.7 Å². The van der Waals surface area contributed by atoms with Crippen LogP contribution in [0.4, 0.5) is 0 Å². The van der Waals surface area contributed by atoms with Crippen LogP contribution in [-0.2, 0) is 0 Å². The summed E-state index contributed by atoms with van der Waals surface area (Å²) in [6.07, 6.45) is 0.991. The third kappa shape index (κ3) is 2.65. The maximum atomic E-state index is 5.49. The van der Waals surface area contributed by atoms with Crippen molar-refractivity contribution in [3.8, 4) is 11.5 Å². The highest BCUT2D eigenvalue weighted by Gasteiger charge is 2.02. The molecule has 0 fully saturated rings. The van der Waals surface area contributed by atoms with Crippen LogP contribution in [0, 0.1) is 6.92 Å². The Morgan fingerprint density at radius 2 is 2.08 bits per heavy atom. The lowest BCUT2D eigenvalue weighted by Crippen LogP contribution is -1.97. The molecule has 0 heterocycles. The first kappa shape index (κ1) is 9.90. The Labute approximate surface area is 79.5 Å². The lowest BCUT2D eigenvalue weighted by Gasteiger charge is -2.10. The quantitative estimate of drug-likeness (QED) is 0.707. The van der Waals surface area contributed by atoms with E-state index < -0.39 is 0 Å². The highest BCUT2D eigenvalue weighted by Crippen LogP contribution is 2.27. The van der Waals surface area contributed by atoms with Crippen LogP contribution in [0.25, 0.3) is 0 Å². The Morgan fingerprint density at radius 3 is 2.69 bits per heavy atom. The molecule has 2 heteroatoms. The molecule has 1 aromatic rings. The normalized spacial score (nSPS) is 9.77. The van der Waals surface area contributed by atoms with Crippen molar-refractivity contribution in [3.05, 3.63) is 30.7 Å². The highest BCUT2D eigenvalue weighted by atomic mass is 16.5. The number of hydrogen-bond donors (Lipinski definition) is 0. The van der Waals surface area contributed by atoms with Crippen molar-refractivity contribution < 1.29 is 9.47 Å². The zero-order valence-electron chi connectivity index (χ0n) is 8.17. The monoisotopic (exact) mass is 179 g/mol. The van der Waals surface area contributed by atoms with Crippen LogP contribution < -0.4 is 9.47 Å². The first-order chi connectivity index (χ1) is 6.27. The zero-order chi connectivity index (χ0) is 9.68. The fourth-order valence-electron chi connectivity index (χ4n) is 1.05. The van der Waals surface area contributed by atoms with E-state index in [1.807, 2.05) is 18.2 Å². The Balaban J connectivity index is 2.81. The average molecular weight is 179 g/mol. The van der Waals surface area contributed by atoms with Crippen molar-refractivity contribution >= 4 is 0 Å². The van der Waals surface area contributed by atoms with Gasteiger partial charge in [0.25, 0.3) is 0 Å².